The lowest BCUT2D eigenvalue weighted by Crippen LogP contribution is -2.48. The molecule has 0 aliphatic carbocycles. The molecule has 2 saturated heterocycles. The Labute approximate surface area is 208 Å². The Morgan fingerprint density at radius 3 is 2.61 bits per heavy atom. The van der Waals surface area contributed by atoms with E-state index in [4.69, 9.17) is 9.90 Å². The summed E-state index contributed by atoms with van der Waals surface area (Å²) in [5.41, 5.74) is 4.13. The fourth-order valence-electron chi connectivity index (χ4n) is 5.41. The van der Waals surface area contributed by atoms with Gasteiger partial charge in [-0.25, -0.2) is 4.68 Å². The Hall–Kier alpha value is -4.05. The number of rotatable bonds is 5. The molecule has 2 fully saturated rings. The van der Waals surface area contributed by atoms with E-state index < -0.39 is 0 Å². The van der Waals surface area contributed by atoms with Crippen LogP contribution in [0.1, 0.15) is 41.7 Å². The van der Waals surface area contributed by atoms with E-state index in [1.54, 1.807) is 0 Å². The summed E-state index contributed by atoms with van der Waals surface area (Å²) in [6.45, 7) is 0.411. The van der Waals surface area contributed by atoms with Gasteiger partial charge in [0.15, 0.2) is 5.69 Å². The molecule has 0 spiro atoms. The van der Waals surface area contributed by atoms with Crippen molar-refractivity contribution in [3.8, 4) is 11.3 Å². The number of fused-ring (bicyclic) bond motifs is 3. The molecule has 4 aromatic rings. The summed E-state index contributed by atoms with van der Waals surface area (Å²) in [6.07, 6.45) is 6.41. The number of carbonyl (C=O) groups is 2. The Balaban J connectivity index is 0.000000848. The number of aromatic nitrogens is 5. The van der Waals surface area contributed by atoms with Crippen LogP contribution in [0.25, 0.3) is 22.2 Å². The zero-order valence-corrected chi connectivity index (χ0v) is 20.0. The standard InChI is InChI=1S/C25H27N7O.CH2O2/c1-31-19-8-9-20(31)13-18(12-19)26-25(33)24-21-11-17(7-10-22(21)27-29-24)23-15-32(30-28-23)14-16-5-3-2-4-6-16;2-1-3/h2-7,10-11,15,18-20H,8-9,12-14H2,1H3,(H,26,33)(H,27,29);1H,(H,2,3). The van der Waals surface area contributed by atoms with Crippen molar-refractivity contribution >= 4 is 23.3 Å². The van der Waals surface area contributed by atoms with Crippen LogP contribution in [0.5, 0.6) is 0 Å². The van der Waals surface area contributed by atoms with Gasteiger partial charge in [0.05, 0.1) is 18.3 Å². The highest BCUT2D eigenvalue weighted by Gasteiger charge is 2.39. The van der Waals surface area contributed by atoms with Crippen molar-refractivity contribution in [3.05, 3.63) is 66.0 Å². The van der Waals surface area contributed by atoms with Crippen molar-refractivity contribution in [1.82, 2.24) is 35.4 Å². The second-order valence-corrected chi connectivity index (χ2v) is 9.42. The molecular formula is C26H29N7O3. The molecule has 2 aromatic carbocycles. The second kappa shape index (κ2) is 10.3. The highest BCUT2D eigenvalue weighted by molar-refractivity contribution is 6.05. The van der Waals surface area contributed by atoms with Crippen LogP contribution in [-0.4, -0.2) is 72.8 Å². The lowest BCUT2D eigenvalue weighted by atomic mass is 9.97. The first-order chi connectivity index (χ1) is 17.6. The smallest absolute Gasteiger partial charge is 0.290 e. The van der Waals surface area contributed by atoms with Crippen LogP contribution in [0, 0.1) is 0 Å². The number of nitrogens with one attached hydrogen (secondary N) is 2. The number of amides is 1. The lowest BCUT2D eigenvalue weighted by molar-refractivity contribution is -0.122. The maximum absolute atomic E-state index is 13.1. The van der Waals surface area contributed by atoms with Crippen molar-refractivity contribution in [2.24, 2.45) is 0 Å². The molecule has 2 aliphatic rings. The minimum absolute atomic E-state index is 0.111. The molecule has 0 radical (unpaired) electrons. The molecule has 36 heavy (non-hydrogen) atoms. The molecule has 2 aromatic heterocycles. The fourth-order valence-corrected chi connectivity index (χ4v) is 5.41. The maximum Gasteiger partial charge on any atom is 0.290 e. The van der Waals surface area contributed by atoms with Gasteiger partial charge in [0.2, 0.25) is 0 Å². The van der Waals surface area contributed by atoms with E-state index >= 15 is 0 Å². The third kappa shape index (κ3) is 4.85. The quantitative estimate of drug-likeness (QED) is 0.369. The third-order valence-corrected chi connectivity index (χ3v) is 7.23. The van der Waals surface area contributed by atoms with Crippen LogP contribution >= 0.6 is 0 Å². The second-order valence-electron chi connectivity index (χ2n) is 9.42. The molecular weight excluding hydrogens is 458 g/mol. The number of hydrogen-bond donors (Lipinski definition) is 3. The summed E-state index contributed by atoms with van der Waals surface area (Å²) in [5, 5.41) is 26.9. The van der Waals surface area contributed by atoms with Crippen LogP contribution in [0.3, 0.4) is 0 Å². The van der Waals surface area contributed by atoms with Crippen LogP contribution in [-0.2, 0) is 11.3 Å². The van der Waals surface area contributed by atoms with E-state index in [1.807, 2.05) is 47.3 Å². The average molecular weight is 488 g/mol. The van der Waals surface area contributed by atoms with Gasteiger partial charge < -0.3 is 15.3 Å². The number of carboxylic acid groups (broad SMARTS) is 1. The van der Waals surface area contributed by atoms with Crippen molar-refractivity contribution in [3.63, 3.8) is 0 Å². The first-order valence-electron chi connectivity index (χ1n) is 12.1. The highest BCUT2D eigenvalue weighted by Crippen LogP contribution is 2.34. The predicted octanol–water partition coefficient (Wildman–Crippen LogP) is 2.93. The summed E-state index contributed by atoms with van der Waals surface area (Å²) in [5.74, 6) is -0.111. The van der Waals surface area contributed by atoms with Crippen molar-refractivity contribution in [2.45, 2.75) is 50.4 Å². The van der Waals surface area contributed by atoms with Gasteiger partial charge in [-0.3, -0.25) is 14.7 Å². The van der Waals surface area contributed by atoms with E-state index in [9.17, 15) is 4.79 Å². The minimum atomic E-state index is -0.250. The monoisotopic (exact) mass is 487 g/mol. The Bertz CT molecular complexity index is 1340. The van der Waals surface area contributed by atoms with Gasteiger partial charge in [-0.15, -0.1) is 5.10 Å². The average Bonchev–Trinajstić information content (AvgIpc) is 3.56. The number of aromatic amines is 1. The summed E-state index contributed by atoms with van der Waals surface area (Å²) < 4.78 is 1.83. The zero-order valence-electron chi connectivity index (χ0n) is 20.0. The molecule has 3 N–H and O–H groups in total. The van der Waals surface area contributed by atoms with E-state index in [0.717, 1.165) is 35.0 Å². The van der Waals surface area contributed by atoms with Gasteiger partial charge in [-0.2, -0.15) is 5.10 Å². The van der Waals surface area contributed by atoms with Crippen molar-refractivity contribution in [2.75, 3.05) is 7.05 Å². The van der Waals surface area contributed by atoms with Crippen molar-refractivity contribution < 1.29 is 14.7 Å². The van der Waals surface area contributed by atoms with E-state index in [-0.39, 0.29) is 18.4 Å². The Kier molecular flexibility index (Phi) is 6.77. The molecule has 4 heterocycles. The first-order valence-corrected chi connectivity index (χ1v) is 12.1. The lowest BCUT2D eigenvalue weighted by Gasteiger charge is -2.36. The normalized spacial score (nSPS) is 21.1. The van der Waals surface area contributed by atoms with Crippen molar-refractivity contribution in [1.29, 1.82) is 0 Å². The molecule has 2 aliphatic heterocycles. The van der Waals surface area contributed by atoms with Gasteiger partial charge >= 0.3 is 0 Å². The molecule has 2 atom stereocenters. The van der Waals surface area contributed by atoms with Gasteiger partial charge in [0, 0.05) is 29.1 Å². The van der Waals surface area contributed by atoms with E-state index in [2.05, 4.69) is 49.9 Å². The molecule has 1 amide bonds. The number of piperidine rings is 1. The van der Waals surface area contributed by atoms with Crippen LogP contribution in [0.2, 0.25) is 0 Å². The number of benzene rings is 2. The van der Waals surface area contributed by atoms with E-state index in [1.165, 1.54) is 18.4 Å². The molecule has 6 rings (SSSR count). The third-order valence-electron chi connectivity index (χ3n) is 7.23. The minimum Gasteiger partial charge on any atom is -0.483 e. The predicted molar refractivity (Wildman–Crippen MR) is 134 cm³/mol. The summed E-state index contributed by atoms with van der Waals surface area (Å²) in [4.78, 5) is 24.0. The fraction of sp³-hybridized carbons (Fsp3) is 0.346. The Morgan fingerprint density at radius 2 is 1.89 bits per heavy atom. The highest BCUT2D eigenvalue weighted by atomic mass is 16.3. The van der Waals surface area contributed by atoms with Gasteiger partial charge in [0.25, 0.3) is 12.4 Å². The molecule has 2 unspecified atom stereocenters. The van der Waals surface area contributed by atoms with Gasteiger partial charge in [-0.1, -0.05) is 41.6 Å². The molecule has 2 bridgehead atoms. The molecule has 0 saturated carbocycles. The topological polar surface area (TPSA) is 129 Å². The summed E-state index contributed by atoms with van der Waals surface area (Å²) in [7, 11) is 2.21. The van der Waals surface area contributed by atoms with Crippen LogP contribution in [0.4, 0.5) is 0 Å². The Morgan fingerprint density at radius 1 is 1.17 bits per heavy atom. The summed E-state index contributed by atoms with van der Waals surface area (Å²) >= 11 is 0. The van der Waals surface area contributed by atoms with Crippen LogP contribution < -0.4 is 5.32 Å². The summed E-state index contributed by atoms with van der Waals surface area (Å²) in [6, 6.07) is 17.4. The van der Waals surface area contributed by atoms with Gasteiger partial charge in [0.1, 0.15) is 5.69 Å². The molecule has 10 heteroatoms. The molecule has 186 valence electrons. The number of carbonyl (C=O) groups excluding carboxylic acids is 1. The number of H-pyrrole nitrogens is 1. The first kappa shape index (κ1) is 23.7. The largest absolute Gasteiger partial charge is 0.483 e. The number of hydrogen-bond acceptors (Lipinski definition) is 6. The number of nitrogens with zero attached hydrogens (tertiary/aromatic N) is 5. The maximum atomic E-state index is 13.1. The van der Waals surface area contributed by atoms with Gasteiger partial charge in [-0.05, 0) is 50.4 Å². The van der Waals surface area contributed by atoms with Crippen LogP contribution in [0.15, 0.2) is 54.7 Å². The molecule has 10 nitrogen and oxygen atoms in total. The zero-order chi connectivity index (χ0) is 25.1. The van der Waals surface area contributed by atoms with E-state index in [0.29, 0.717) is 24.3 Å². The SMILES string of the molecule is CN1C2CCC1CC(NC(=O)c1n[nH]c3ccc(-c4cn(Cc5ccccc5)nn4)cc13)C2.O=CO.